The van der Waals surface area contributed by atoms with E-state index in [1.807, 2.05) is 50.2 Å². The highest BCUT2D eigenvalue weighted by Gasteiger charge is 2.13. The van der Waals surface area contributed by atoms with E-state index in [-0.39, 0.29) is 5.91 Å². The van der Waals surface area contributed by atoms with Crippen LogP contribution in [0, 0.1) is 13.8 Å². The molecule has 2 N–H and O–H groups in total. The van der Waals surface area contributed by atoms with Crippen LogP contribution in [0.3, 0.4) is 0 Å². The molecule has 172 valence electrons. The molecule has 1 saturated heterocycles. The largest absolute Gasteiger partial charge is 0.379 e. The number of carbonyl (C=O) groups excluding carboxylic acids is 1. The molecule has 4 rings (SSSR count). The van der Waals surface area contributed by atoms with Crippen molar-refractivity contribution in [2.45, 2.75) is 26.8 Å². The maximum atomic E-state index is 12.4. The van der Waals surface area contributed by atoms with Gasteiger partial charge in [0.15, 0.2) is 5.82 Å². The standard InChI is InChI=1S/C25H30N6O2/c1-18-19(2)28-25(21-6-4-9-26-17-21)30-24(18)27-16-20-5-3-7-22(15-20)29-23(32)8-10-31-11-13-33-14-12-31/h3-7,9,15,17H,8,10-14,16H2,1-2H3,(H,29,32)(H,27,28,30). The van der Waals surface area contributed by atoms with Gasteiger partial charge in [0.1, 0.15) is 5.82 Å². The van der Waals surface area contributed by atoms with Crippen molar-refractivity contribution in [3.05, 3.63) is 65.6 Å². The van der Waals surface area contributed by atoms with E-state index in [2.05, 4.69) is 25.5 Å². The lowest BCUT2D eigenvalue weighted by atomic mass is 10.1. The highest BCUT2D eigenvalue weighted by atomic mass is 16.5. The molecule has 8 nitrogen and oxygen atoms in total. The molecule has 0 radical (unpaired) electrons. The fourth-order valence-electron chi connectivity index (χ4n) is 3.68. The average Bonchev–Trinajstić information content (AvgIpc) is 2.85. The van der Waals surface area contributed by atoms with E-state index in [1.165, 1.54) is 0 Å². The number of amides is 1. The van der Waals surface area contributed by atoms with Crippen molar-refractivity contribution >= 4 is 17.4 Å². The van der Waals surface area contributed by atoms with Crippen LogP contribution in [0.15, 0.2) is 48.8 Å². The summed E-state index contributed by atoms with van der Waals surface area (Å²) < 4.78 is 5.35. The molecule has 0 bridgehead atoms. The highest BCUT2D eigenvalue weighted by molar-refractivity contribution is 5.90. The third-order valence-corrected chi connectivity index (χ3v) is 5.74. The number of hydrogen-bond donors (Lipinski definition) is 2. The molecule has 3 heterocycles. The number of aromatic nitrogens is 3. The van der Waals surface area contributed by atoms with E-state index < -0.39 is 0 Å². The van der Waals surface area contributed by atoms with Gasteiger partial charge in [-0.1, -0.05) is 12.1 Å². The van der Waals surface area contributed by atoms with E-state index in [1.54, 1.807) is 12.4 Å². The summed E-state index contributed by atoms with van der Waals surface area (Å²) in [4.78, 5) is 28.1. The Hall–Kier alpha value is -3.36. The van der Waals surface area contributed by atoms with Gasteiger partial charge in [0.2, 0.25) is 5.91 Å². The van der Waals surface area contributed by atoms with E-state index in [4.69, 9.17) is 9.72 Å². The topological polar surface area (TPSA) is 92.3 Å². The molecular formula is C25H30N6O2. The lowest BCUT2D eigenvalue weighted by Gasteiger charge is -2.26. The summed E-state index contributed by atoms with van der Waals surface area (Å²) in [6.45, 7) is 8.59. The van der Waals surface area contributed by atoms with Crippen molar-refractivity contribution in [3.8, 4) is 11.4 Å². The van der Waals surface area contributed by atoms with Crippen molar-refractivity contribution in [2.24, 2.45) is 0 Å². The Morgan fingerprint density at radius 2 is 1.97 bits per heavy atom. The zero-order chi connectivity index (χ0) is 23.0. The number of morpholine rings is 1. The minimum atomic E-state index is 0.0231. The van der Waals surface area contributed by atoms with Crippen molar-refractivity contribution in [1.29, 1.82) is 0 Å². The summed E-state index contributed by atoms with van der Waals surface area (Å²) in [5.41, 5.74) is 4.67. The van der Waals surface area contributed by atoms with Crippen molar-refractivity contribution in [3.63, 3.8) is 0 Å². The Morgan fingerprint density at radius 1 is 1.12 bits per heavy atom. The molecule has 1 fully saturated rings. The lowest BCUT2D eigenvalue weighted by Crippen LogP contribution is -2.38. The lowest BCUT2D eigenvalue weighted by molar-refractivity contribution is -0.116. The number of nitrogens with zero attached hydrogens (tertiary/aromatic N) is 4. The van der Waals surface area contributed by atoms with Crippen LogP contribution < -0.4 is 10.6 Å². The van der Waals surface area contributed by atoms with Gasteiger partial charge in [-0.05, 0) is 43.7 Å². The first-order valence-electron chi connectivity index (χ1n) is 11.3. The Morgan fingerprint density at radius 3 is 2.76 bits per heavy atom. The second kappa shape index (κ2) is 11.0. The van der Waals surface area contributed by atoms with E-state index >= 15 is 0 Å². The van der Waals surface area contributed by atoms with Gasteiger partial charge in [0.25, 0.3) is 0 Å². The quantitative estimate of drug-likeness (QED) is 0.548. The van der Waals surface area contributed by atoms with Crippen LogP contribution in [0.25, 0.3) is 11.4 Å². The number of ether oxygens (including phenoxy) is 1. The van der Waals surface area contributed by atoms with Gasteiger partial charge in [0, 0.05) is 67.5 Å². The number of benzene rings is 1. The predicted octanol–water partition coefficient (Wildman–Crippen LogP) is 3.43. The van der Waals surface area contributed by atoms with E-state index in [0.29, 0.717) is 18.8 Å². The first-order chi connectivity index (χ1) is 16.1. The van der Waals surface area contributed by atoms with Crippen LogP contribution in [0.4, 0.5) is 11.5 Å². The number of anilines is 2. The minimum absolute atomic E-state index is 0.0231. The molecule has 2 aromatic heterocycles. The first-order valence-corrected chi connectivity index (χ1v) is 11.3. The van der Waals surface area contributed by atoms with Crippen LogP contribution in [-0.2, 0) is 16.1 Å². The smallest absolute Gasteiger partial charge is 0.225 e. The summed E-state index contributed by atoms with van der Waals surface area (Å²) in [6.07, 6.45) is 3.97. The Kier molecular flexibility index (Phi) is 7.59. The normalized spacial score (nSPS) is 14.1. The summed E-state index contributed by atoms with van der Waals surface area (Å²) in [5.74, 6) is 1.46. The average molecular weight is 447 g/mol. The van der Waals surface area contributed by atoms with Crippen LogP contribution in [0.5, 0.6) is 0 Å². The van der Waals surface area contributed by atoms with Crippen molar-refractivity contribution in [1.82, 2.24) is 19.9 Å². The molecule has 33 heavy (non-hydrogen) atoms. The molecule has 1 amide bonds. The molecule has 1 aromatic carbocycles. The van der Waals surface area contributed by atoms with Crippen LogP contribution >= 0.6 is 0 Å². The zero-order valence-electron chi connectivity index (χ0n) is 19.2. The molecule has 3 aromatic rings. The number of rotatable bonds is 8. The molecule has 0 unspecified atom stereocenters. The van der Waals surface area contributed by atoms with Gasteiger partial charge in [-0.2, -0.15) is 0 Å². The number of pyridine rings is 1. The summed E-state index contributed by atoms with van der Waals surface area (Å²) in [6, 6.07) is 11.7. The summed E-state index contributed by atoms with van der Waals surface area (Å²) in [5, 5.41) is 6.44. The van der Waals surface area contributed by atoms with Gasteiger partial charge >= 0.3 is 0 Å². The Bertz CT molecular complexity index is 1080. The van der Waals surface area contributed by atoms with Crippen LogP contribution in [-0.4, -0.2) is 58.6 Å². The molecule has 0 saturated carbocycles. The molecule has 1 aliphatic rings. The number of hydrogen-bond acceptors (Lipinski definition) is 7. The van der Waals surface area contributed by atoms with E-state index in [0.717, 1.165) is 66.7 Å². The Labute approximate surface area is 194 Å². The second-order valence-corrected chi connectivity index (χ2v) is 8.15. The predicted molar refractivity (Wildman–Crippen MR) is 129 cm³/mol. The summed E-state index contributed by atoms with van der Waals surface area (Å²) in [7, 11) is 0. The number of carbonyl (C=O) groups is 1. The van der Waals surface area contributed by atoms with Crippen LogP contribution in [0.2, 0.25) is 0 Å². The Balaban J connectivity index is 1.37. The van der Waals surface area contributed by atoms with Crippen LogP contribution in [0.1, 0.15) is 23.2 Å². The monoisotopic (exact) mass is 446 g/mol. The van der Waals surface area contributed by atoms with E-state index in [9.17, 15) is 4.79 Å². The molecule has 8 heteroatoms. The molecule has 1 aliphatic heterocycles. The maximum absolute atomic E-state index is 12.4. The minimum Gasteiger partial charge on any atom is -0.379 e. The van der Waals surface area contributed by atoms with Crippen molar-refractivity contribution in [2.75, 3.05) is 43.5 Å². The van der Waals surface area contributed by atoms with Gasteiger partial charge < -0.3 is 15.4 Å². The highest BCUT2D eigenvalue weighted by Crippen LogP contribution is 2.22. The maximum Gasteiger partial charge on any atom is 0.225 e. The van der Waals surface area contributed by atoms with Gasteiger partial charge in [0.05, 0.1) is 13.2 Å². The SMILES string of the molecule is Cc1nc(-c2cccnc2)nc(NCc2cccc(NC(=O)CCN3CCOCC3)c2)c1C. The summed E-state index contributed by atoms with van der Waals surface area (Å²) >= 11 is 0. The first kappa shape index (κ1) is 22.8. The molecule has 0 atom stereocenters. The van der Waals surface area contributed by atoms with Crippen molar-refractivity contribution < 1.29 is 9.53 Å². The molecular weight excluding hydrogens is 416 g/mol. The second-order valence-electron chi connectivity index (χ2n) is 8.15. The third-order valence-electron chi connectivity index (χ3n) is 5.74. The molecule has 0 spiro atoms. The van der Waals surface area contributed by atoms with Gasteiger partial charge in [-0.25, -0.2) is 9.97 Å². The zero-order valence-corrected chi connectivity index (χ0v) is 19.2. The number of aryl methyl sites for hydroxylation is 1. The third kappa shape index (κ3) is 6.34. The van der Waals surface area contributed by atoms with Gasteiger partial charge in [-0.3, -0.25) is 14.7 Å². The van der Waals surface area contributed by atoms with Gasteiger partial charge in [-0.15, -0.1) is 0 Å². The fraction of sp³-hybridized carbons (Fsp3) is 0.360. The fourth-order valence-corrected chi connectivity index (χ4v) is 3.68. The number of nitrogens with one attached hydrogen (secondary N) is 2. The molecule has 0 aliphatic carbocycles.